The van der Waals surface area contributed by atoms with Crippen LogP contribution in [0.3, 0.4) is 0 Å². The van der Waals surface area contributed by atoms with Gasteiger partial charge in [-0.1, -0.05) is 6.07 Å². The Morgan fingerprint density at radius 1 is 1.40 bits per heavy atom. The fourth-order valence-electron chi connectivity index (χ4n) is 1.60. The lowest BCUT2D eigenvalue weighted by molar-refractivity contribution is -0.116. The third-order valence-corrected chi connectivity index (χ3v) is 2.19. The number of rotatable bonds is 3. The third-order valence-electron chi connectivity index (χ3n) is 2.19. The third kappa shape index (κ3) is 2.72. The molecule has 0 spiro atoms. The summed E-state index contributed by atoms with van der Waals surface area (Å²) in [7, 11) is 1.62. The number of hydrogen-bond acceptors (Lipinski definition) is 2. The minimum absolute atomic E-state index is 0.0400. The van der Waals surface area contributed by atoms with Crippen LogP contribution in [-0.2, 0) is 4.79 Å². The molecule has 82 valence electrons. The molecule has 0 aliphatic rings. The predicted octanol–water partition coefficient (Wildman–Crippen LogP) is 2.46. The Morgan fingerprint density at radius 2 is 2.07 bits per heavy atom. The van der Waals surface area contributed by atoms with E-state index in [0.29, 0.717) is 0 Å². The fourth-order valence-corrected chi connectivity index (χ4v) is 1.60. The van der Waals surface area contributed by atoms with Crippen LogP contribution in [0.4, 0.5) is 5.69 Å². The number of carbonyl (C=O) groups is 1. The Labute approximate surface area is 90.7 Å². The molecule has 3 nitrogen and oxygen atoms in total. The van der Waals surface area contributed by atoms with E-state index in [1.165, 1.54) is 0 Å². The number of hydrogen-bond donors (Lipinski definition) is 0. The van der Waals surface area contributed by atoms with E-state index in [2.05, 4.69) is 0 Å². The van der Waals surface area contributed by atoms with Gasteiger partial charge in [0.15, 0.2) is 0 Å². The van der Waals surface area contributed by atoms with Gasteiger partial charge in [0, 0.05) is 24.7 Å². The molecule has 3 heteroatoms. The number of anilines is 1. The van der Waals surface area contributed by atoms with Gasteiger partial charge in [-0.15, -0.1) is 0 Å². The molecule has 1 aromatic rings. The first-order valence-electron chi connectivity index (χ1n) is 5.00. The van der Waals surface area contributed by atoms with Crippen LogP contribution in [0.2, 0.25) is 0 Å². The maximum Gasteiger partial charge on any atom is 0.224 e. The summed E-state index contributed by atoms with van der Waals surface area (Å²) in [6.45, 7) is 5.54. The van der Waals surface area contributed by atoms with Crippen LogP contribution in [0.5, 0.6) is 5.75 Å². The summed E-state index contributed by atoms with van der Waals surface area (Å²) in [4.78, 5) is 13.2. The van der Waals surface area contributed by atoms with Crippen molar-refractivity contribution >= 4 is 11.6 Å². The van der Waals surface area contributed by atoms with Crippen molar-refractivity contribution in [2.24, 2.45) is 0 Å². The van der Waals surface area contributed by atoms with Crippen LogP contribution in [0.25, 0.3) is 0 Å². The molecule has 1 amide bonds. The Morgan fingerprint density at radius 3 is 2.53 bits per heavy atom. The van der Waals surface area contributed by atoms with E-state index in [4.69, 9.17) is 4.74 Å². The zero-order valence-corrected chi connectivity index (χ0v) is 9.65. The normalized spacial score (nSPS) is 10.2. The summed E-state index contributed by atoms with van der Waals surface area (Å²) in [5.74, 6) is 0.803. The number of benzene rings is 1. The van der Waals surface area contributed by atoms with Gasteiger partial charge in [-0.25, -0.2) is 0 Å². The molecule has 1 rings (SSSR count). The zero-order valence-electron chi connectivity index (χ0n) is 9.65. The average Bonchev–Trinajstić information content (AvgIpc) is 2.17. The molecule has 0 aliphatic heterocycles. The Kier molecular flexibility index (Phi) is 3.72. The number of methoxy groups -OCH3 is 1. The van der Waals surface area contributed by atoms with E-state index in [1.807, 2.05) is 38.1 Å². The summed E-state index contributed by atoms with van der Waals surface area (Å²) in [5.41, 5.74) is 0.872. The van der Waals surface area contributed by atoms with Gasteiger partial charge in [-0.05, 0) is 26.0 Å². The topological polar surface area (TPSA) is 29.5 Å². The van der Waals surface area contributed by atoms with Crippen LogP contribution in [0.1, 0.15) is 20.8 Å². The van der Waals surface area contributed by atoms with E-state index in [1.54, 1.807) is 18.9 Å². The summed E-state index contributed by atoms with van der Waals surface area (Å²) >= 11 is 0. The Balaban J connectivity index is 3.05. The molecule has 0 saturated carbocycles. The lowest BCUT2D eigenvalue weighted by atomic mass is 10.2. The van der Waals surface area contributed by atoms with Crippen LogP contribution in [0, 0.1) is 0 Å². The second-order valence-corrected chi connectivity index (χ2v) is 3.68. The summed E-state index contributed by atoms with van der Waals surface area (Å²) < 4.78 is 5.13. The molecule has 0 radical (unpaired) electrons. The van der Waals surface area contributed by atoms with Gasteiger partial charge in [0.1, 0.15) is 5.75 Å². The van der Waals surface area contributed by atoms with Crippen LogP contribution >= 0.6 is 0 Å². The highest BCUT2D eigenvalue weighted by Gasteiger charge is 2.15. The number of ether oxygens (including phenoxy) is 1. The fraction of sp³-hybridized carbons (Fsp3) is 0.417. The highest BCUT2D eigenvalue weighted by Crippen LogP contribution is 2.22. The second kappa shape index (κ2) is 4.82. The maximum absolute atomic E-state index is 11.5. The van der Waals surface area contributed by atoms with Crippen molar-refractivity contribution in [1.29, 1.82) is 0 Å². The first kappa shape index (κ1) is 11.6. The molecule has 0 fully saturated rings. The highest BCUT2D eigenvalue weighted by atomic mass is 16.5. The molecule has 0 atom stereocenters. The zero-order chi connectivity index (χ0) is 11.4. The van der Waals surface area contributed by atoms with E-state index in [9.17, 15) is 4.79 Å². The summed E-state index contributed by atoms with van der Waals surface area (Å²) in [6, 6.07) is 7.66. The predicted molar refractivity (Wildman–Crippen MR) is 61.3 cm³/mol. The number of amides is 1. The smallest absolute Gasteiger partial charge is 0.224 e. The van der Waals surface area contributed by atoms with Crippen molar-refractivity contribution in [2.75, 3.05) is 12.0 Å². The molecular formula is C12H17NO2. The van der Waals surface area contributed by atoms with Crippen LogP contribution in [0.15, 0.2) is 24.3 Å². The van der Waals surface area contributed by atoms with E-state index >= 15 is 0 Å². The van der Waals surface area contributed by atoms with Crippen molar-refractivity contribution in [1.82, 2.24) is 0 Å². The van der Waals surface area contributed by atoms with Crippen molar-refractivity contribution in [3.05, 3.63) is 24.3 Å². The second-order valence-electron chi connectivity index (χ2n) is 3.68. The highest BCUT2D eigenvalue weighted by molar-refractivity contribution is 5.92. The minimum atomic E-state index is 0.0400. The molecular weight excluding hydrogens is 190 g/mol. The van der Waals surface area contributed by atoms with Gasteiger partial charge in [-0.3, -0.25) is 4.79 Å². The molecule has 0 heterocycles. The lowest BCUT2D eigenvalue weighted by Gasteiger charge is -2.25. The summed E-state index contributed by atoms with van der Waals surface area (Å²) in [5, 5.41) is 0. The molecule has 0 bridgehead atoms. The van der Waals surface area contributed by atoms with E-state index in [-0.39, 0.29) is 11.9 Å². The molecule has 0 aliphatic carbocycles. The van der Waals surface area contributed by atoms with E-state index < -0.39 is 0 Å². The number of carbonyl (C=O) groups excluding carboxylic acids is 1. The van der Waals surface area contributed by atoms with Crippen molar-refractivity contribution < 1.29 is 9.53 Å². The first-order chi connectivity index (χ1) is 7.06. The van der Waals surface area contributed by atoms with Gasteiger partial charge in [0.2, 0.25) is 5.91 Å². The SMILES string of the molecule is COc1cccc(N(C(C)=O)C(C)C)c1. The van der Waals surface area contributed by atoms with E-state index in [0.717, 1.165) is 11.4 Å². The van der Waals surface area contributed by atoms with Crippen molar-refractivity contribution in [2.45, 2.75) is 26.8 Å². The Hall–Kier alpha value is -1.51. The van der Waals surface area contributed by atoms with Gasteiger partial charge in [-0.2, -0.15) is 0 Å². The van der Waals surface area contributed by atoms with Gasteiger partial charge < -0.3 is 9.64 Å². The monoisotopic (exact) mass is 207 g/mol. The standard InChI is InChI=1S/C12H17NO2/c1-9(2)13(10(3)14)11-6-5-7-12(8-11)15-4/h5-9H,1-4H3. The molecule has 0 N–H and O–H groups in total. The van der Waals surface area contributed by atoms with Gasteiger partial charge in [0.25, 0.3) is 0 Å². The lowest BCUT2D eigenvalue weighted by Crippen LogP contribution is -2.34. The molecule has 1 aromatic carbocycles. The summed E-state index contributed by atoms with van der Waals surface area (Å²) in [6.07, 6.45) is 0. The molecule has 0 unspecified atom stereocenters. The van der Waals surface area contributed by atoms with Gasteiger partial charge >= 0.3 is 0 Å². The Bertz CT molecular complexity index is 347. The number of nitrogens with zero attached hydrogens (tertiary/aromatic N) is 1. The van der Waals surface area contributed by atoms with Crippen LogP contribution < -0.4 is 9.64 Å². The molecule has 0 aromatic heterocycles. The maximum atomic E-state index is 11.5. The minimum Gasteiger partial charge on any atom is -0.497 e. The van der Waals surface area contributed by atoms with Crippen molar-refractivity contribution in [3.63, 3.8) is 0 Å². The van der Waals surface area contributed by atoms with Gasteiger partial charge in [0.05, 0.1) is 7.11 Å². The van der Waals surface area contributed by atoms with Crippen molar-refractivity contribution in [3.8, 4) is 5.75 Å². The molecule has 0 saturated heterocycles. The average molecular weight is 207 g/mol. The quantitative estimate of drug-likeness (QED) is 0.762. The van der Waals surface area contributed by atoms with Crippen LogP contribution in [-0.4, -0.2) is 19.1 Å². The first-order valence-corrected chi connectivity index (χ1v) is 5.00. The molecule has 15 heavy (non-hydrogen) atoms. The largest absolute Gasteiger partial charge is 0.497 e.